The van der Waals surface area contributed by atoms with Crippen LogP contribution in [0.15, 0.2) is 24.3 Å². The van der Waals surface area contributed by atoms with Crippen molar-refractivity contribution in [3.8, 4) is 0 Å². The highest BCUT2D eigenvalue weighted by atomic mass is 35.5. The highest BCUT2D eigenvalue weighted by molar-refractivity contribution is 5.85. The summed E-state index contributed by atoms with van der Waals surface area (Å²) in [4.78, 5) is 12.6. The van der Waals surface area contributed by atoms with Crippen LogP contribution in [0.4, 0.5) is 4.39 Å². The number of carbonyl (C=O) groups excluding carboxylic acids is 1. The van der Waals surface area contributed by atoms with Gasteiger partial charge in [-0.3, -0.25) is 4.79 Å². The van der Waals surface area contributed by atoms with Crippen molar-refractivity contribution in [1.29, 1.82) is 0 Å². The first-order valence-electron chi connectivity index (χ1n) is 8.94. The zero-order chi connectivity index (χ0) is 17.0. The highest BCUT2D eigenvalue weighted by Crippen LogP contribution is 2.34. The van der Waals surface area contributed by atoms with Crippen LogP contribution in [0.3, 0.4) is 0 Å². The Hall–Kier alpha value is -1.17. The minimum atomic E-state index is -0.228. The quantitative estimate of drug-likeness (QED) is 0.856. The molecule has 1 amide bonds. The Morgan fingerprint density at radius 2 is 2.00 bits per heavy atom. The smallest absolute Gasteiger partial charge is 0.223 e. The summed E-state index contributed by atoms with van der Waals surface area (Å²) in [5.74, 6) is 0.0105. The largest absolute Gasteiger partial charge is 0.381 e. The second-order valence-electron chi connectivity index (χ2n) is 7.19. The molecule has 0 spiro atoms. The maximum Gasteiger partial charge on any atom is 0.223 e. The molecule has 2 atom stereocenters. The molecule has 0 radical (unpaired) electrons. The first kappa shape index (κ1) is 20.1. The zero-order valence-electron chi connectivity index (χ0n) is 14.7. The van der Waals surface area contributed by atoms with E-state index in [1.54, 1.807) is 0 Å². The van der Waals surface area contributed by atoms with Crippen molar-refractivity contribution in [3.63, 3.8) is 0 Å². The Morgan fingerprint density at radius 1 is 1.32 bits per heavy atom. The van der Waals surface area contributed by atoms with Crippen LogP contribution in [0.25, 0.3) is 0 Å². The molecule has 0 aromatic heterocycles. The van der Waals surface area contributed by atoms with E-state index in [2.05, 4.69) is 17.6 Å². The molecule has 2 saturated heterocycles. The standard InChI is InChI=1S/C19H27FN2O2.ClH/c1-14-12-15(6-9-21-14)18(23)22-13-19(7-10-24-11-8-19)16-2-4-17(20)5-3-16;/h2-5,14-15,21H,6-13H2,1H3,(H,22,23);1H/t14-,15-;/m0./s1. The number of hydrogen-bond donors (Lipinski definition) is 2. The molecular formula is C19H28ClFN2O2. The van der Waals surface area contributed by atoms with Gasteiger partial charge in [0, 0.05) is 37.1 Å². The van der Waals surface area contributed by atoms with E-state index in [1.165, 1.54) is 12.1 Å². The van der Waals surface area contributed by atoms with Gasteiger partial charge in [-0.1, -0.05) is 12.1 Å². The molecule has 1 aromatic rings. The van der Waals surface area contributed by atoms with E-state index in [4.69, 9.17) is 4.74 Å². The summed E-state index contributed by atoms with van der Waals surface area (Å²) >= 11 is 0. The highest BCUT2D eigenvalue weighted by Gasteiger charge is 2.36. The molecule has 0 saturated carbocycles. The second kappa shape index (κ2) is 8.97. The van der Waals surface area contributed by atoms with Crippen LogP contribution in [-0.4, -0.2) is 38.3 Å². The average Bonchev–Trinajstić information content (AvgIpc) is 2.61. The molecular weight excluding hydrogens is 343 g/mol. The van der Waals surface area contributed by atoms with Crippen LogP contribution in [-0.2, 0) is 14.9 Å². The van der Waals surface area contributed by atoms with E-state index in [9.17, 15) is 9.18 Å². The summed E-state index contributed by atoms with van der Waals surface area (Å²) in [5, 5.41) is 6.56. The normalized spacial score (nSPS) is 25.7. The van der Waals surface area contributed by atoms with Crippen LogP contribution in [0, 0.1) is 11.7 Å². The van der Waals surface area contributed by atoms with Crippen molar-refractivity contribution in [3.05, 3.63) is 35.6 Å². The molecule has 4 nitrogen and oxygen atoms in total. The van der Waals surface area contributed by atoms with Gasteiger partial charge in [0.1, 0.15) is 5.82 Å². The summed E-state index contributed by atoms with van der Waals surface area (Å²) in [6.07, 6.45) is 3.48. The van der Waals surface area contributed by atoms with E-state index in [1.807, 2.05) is 12.1 Å². The third-order valence-electron chi connectivity index (χ3n) is 5.50. The number of benzene rings is 1. The van der Waals surface area contributed by atoms with Crippen LogP contribution in [0.2, 0.25) is 0 Å². The Labute approximate surface area is 155 Å². The van der Waals surface area contributed by atoms with Crippen molar-refractivity contribution in [2.75, 3.05) is 26.3 Å². The van der Waals surface area contributed by atoms with Gasteiger partial charge in [-0.05, 0) is 56.8 Å². The van der Waals surface area contributed by atoms with Gasteiger partial charge in [-0.15, -0.1) is 12.4 Å². The van der Waals surface area contributed by atoms with Crippen LogP contribution >= 0.6 is 12.4 Å². The number of amides is 1. The van der Waals surface area contributed by atoms with Gasteiger partial charge < -0.3 is 15.4 Å². The number of nitrogens with one attached hydrogen (secondary N) is 2. The second-order valence-corrected chi connectivity index (χ2v) is 7.19. The van der Waals surface area contributed by atoms with E-state index in [0.717, 1.165) is 37.8 Å². The van der Waals surface area contributed by atoms with Gasteiger partial charge in [0.15, 0.2) is 0 Å². The van der Waals surface area contributed by atoms with Crippen LogP contribution in [0.1, 0.15) is 38.2 Å². The summed E-state index contributed by atoms with van der Waals surface area (Å²) in [6, 6.07) is 7.09. The lowest BCUT2D eigenvalue weighted by Crippen LogP contribution is -2.48. The van der Waals surface area contributed by atoms with E-state index < -0.39 is 0 Å². The predicted octanol–water partition coefficient (Wildman–Crippen LogP) is 2.80. The molecule has 2 fully saturated rings. The summed E-state index contributed by atoms with van der Waals surface area (Å²) < 4.78 is 18.8. The number of ether oxygens (including phenoxy) is 1. The van der Waals surface area contributed by atoms with Crippen molar-refractivity contribution in [1.82, 2.24) is 10.6 Å². The van der Waals surface area contributed by atoms with Gasteiger partial charge in [0.25, 0.3) is 0 Å². The average molecular weight is 371 g/mol. The van der Waals surface area contributed by atoms with Gasteiger partial charge in [0.05, 0.1) is 0 Å². The summed E-state index contributed by atoms with van der Waals surface area (Å²) in [6.45, 7) is 4.97. The lowest BCUT2D eigenvalue weighted by Gasteiger charge is -2.38. The first-order chi connectivity index (χ1) is 11.6. The molecule has 0 unspecified atom stereocenters. The van der Waals surface area contributed by atoms with Crippen LogP contribution < -0.4 is 10.6 Å². The number of hydrogen-bond acceptors (Lipinski definition) is 3. The Balaban J connectivity index is 0.00000225. The summed E-state index contributed by atoms with van der Waals surface area (Å²) in [7, 11) is 0. The third kappa shape index (κ3) is 4.93. The van der Waals surface area contributed by atoms with Gasteiger partial charge in [-0.25, -0.2) is 4.39 Å². The molecule has 0 bridgehead atoms. The SMILES string of the molecule is C[C@H]1C[C@@H](C(=O)NCC2(c3ccc(F)cc3)CCOCC2)CCN1.Cl. The summed E-state index contributed by atoms with van der Waals surface area (Å²) in [5.41, 5.74) is 0.936. The molecule has 3 rings (SSSR count). The first-order valence-corrected chi connectivity index (χ1v) is 8.94. The number of halogens is 2. The van der Waals surface area contributed by atoms with Crippen molar-refractivity contribution in [2.45, 2.75) is 44.1 Å². The minimum Gasteiger partial charge on any atom is -0.381 e. The molecule has 1 aromatic carbocycles. The molecule has 140 valence electrons. The molecule has 2 aliphatic heterocycles. The fourth-order valence-electron chi connectivity index (χ4n) is 3.90. The molecule has 25 heavy (non-hydrogen) atoms. The molecule has 2 heterocycles. The maximum absolute atomic E-state index is 13.3. The molecule has 2 aliphatic rings. The Bertz CT molecular complexity index is 561. The van der Waals surface area contributed by atoms with E-state index >= 15 is 0 Å². The molecule has 2 N–H and O–H groups in total. The van der Waals surface area contributed by atoms with Gasteiger partial charge in [0.2, 0.25) is 5.91 Å². The number of rotatable bonds is 4. The van der Waals surface area contributed by atoms with E-state index in [0.29, 0.717) is 25.8 Å². The Morgan fingerprint density at radius 3 is 2.64 bits per heavy atom. The fourth-order valence-corrected chi connectivity index (χ4v) is 3.90. The maximum atomic E-state index is 13.3. The van der Waals surface area contributed by atoms with Crippen molar-refractivity contribution < 1.29 is 13.9 Å². The van der Waals surface area contributed by atoms with Gasteiger partial charge >= 0.3 is 0 Å². The topological polar surface area (TPSA) is 50.4 Å². The van der Waals surface area contributed by atoms with Crippen LogP contribution in [0.5, 0.6) is 0 Å². The number of piperidine rings is 1. The third-order valence-corrected chi connectivity index (χ3v) is 5.50. The lowest BCUT2D eigenvalue weighted by molar-refractivity contribution is -0.126. The fraction of sp³-hybridized carbons (Fsp3) is 0.632. The van der Waals surface area contributed by atoms with Crippen molar-refractivity contribution >= 4 is 18.3 Å². The monoisotopic (exact) mass is 370 g/mol. The zero-order valence-corrected chi connectivity index (χ0v) is 15.5. The molecule has 0 aliphatic carbocycles. The van der Waals surface area contributed by atoms with Crippen molar-refractivity contribution in [2.24, 2.45) is 5.92 Å². The minimum absolute atomic E-state index is 0. The number of carbonyl (C=O) groups is 1. The van der Waals surface area contributed by atoms with E-state index in [-0.39, 0.29) is 35.5 Å². The Kier molecular flexibility index (Phi) is 7.23. The molecule has 6 heteroatoms. The predicted molar refractivity (Wildman–Crippen MR) is 98.6 cm³/mol. The van der Waals surface area contributed by atoms with Gasteiger partial charge in [-0.2, -0.15) is 0 Å². The lowest BCUT2D eigenvalue weighted by atomic mass is 9.74.